The third kappa shape index (κ3) is 3.26. The Morgan fingerprint density at radius 1 is 0.962 bits per heavy atom. The molecular weight excluding hydrogens is 328 g/mol. The summed E-state index contributed by atoms with van der Waals surface area (Å²) < 4.78 is 5.00. The van der Waals surface area contributed by atoms with Gasteiger partial charge in [-0.05, 0) is 37.3 Å². The highest BCUT2D eigenvalue weighted by atomic mass is 16.3. The van der Waals surface area contributed by atoms with Crippen LogP contribution in [-0.4, -0.2) is 41.2 Å². The van der Waals surface area contributed by atoms with Crippen molar-refractivity contribution in [2.24, 2.45) is 5.92 Å². The van der Waals surface area contributed by atoms with Crippen molar-refractivity contribution in [1.29, 1.82) is 0 Å². The Morgan fingerprint density at radius 3 is 2.42 bits per heavy atom. The summed E-state index contributed by atoms with van der Waals surface area (Å²) in [5, 5.41) is 0. The average molecular weight is 352 g/mol. The van der Waals surface area contributed by atoms with Gasteiger partial charge in [-0.3, -0.25) is 9.59 Å². The molecule has 4 rings (SSSR count). The Kier molecular flexibility index (Phi) is 4.78. The van der Waals surface area contributed by atoms with E-state index in [4.69, 9.17) is 4.42 Å². The summed E-state index contributed by atoms with van der Waals surface area (Å²) in [5.41, 5.74) is 1.81. The van der Waals surface area contributed by atoms with Crippen LogP contribution in [0.15, 0.2) is 53.3 Å². The Labute approximate surface area is 153 Å². The molecule has 2 aliphatic heterocycles. The SMILES string of the molecule is O=C(c1ccoc1)N1CCC(C(=O)N2CCCC2c2ccccc2)CC1. The van der Waals surface area contributed by atoms with Crippen molar-refractivity contribution in [1.82, 2.24) is 9.80 Å². The van der Waals surface area contributed by atoms with E-state index >= 15 is 0 Å². The van der Waals surface area contributed by atoms with Crippen molar-refractivity contribution in [2.45, 2.75) is 31.7 Å². The molecule has 2 fully saturated rings. The van der Waals surface area contributed by atoms with Gasteiger partial charge in [-0.1, -0.05) is 30.3 Å². The molecule has 2 aliphatic rings. The minimum Gasteiger partial charge on any atom is -0.472 e. The molecular formula is C21H24N2O3. The molecule has 3 heterocycles. The molecule has 2 amide bonds. The highest BCUT2D eigenvalue weighted by Crippen LogP contribution is 2.34. The fraction of sp³-hybridized carbons (Fsp3) is 0.429. The number of piperidine rings is 1. The van der Waals surface area contributed by atoms with Crippen LogP contribution in [0.5, 0.6) is 0 Å². The first kappa shape index (κ1) is 16.9. The number of amides is 2. The number of benzene rings is 1. The lowest BCUT2D eigenvalue weighted by atomic mass is 9.94. The van der Waals surface area contributed by atoms with Gasteiger partial charge >= 0.3 is 0 Å². The normalized spacial score (nSPS) is 21.2. The molecule has 1 unspecified atom stereocenters. The Bertz CT molecular complexity index is 749. The molecule has 2 saturated heterocycles. The van der Waals surface area contributed by atoms with Gasteiger partial charge in [-0.15, -0.1) is 0 Å². The smallest absolute Gasteiger partial charge is 0.257 e. The van der Waals surface area contributed by atoms with Crippen molar-refractivity contribution >= 4 is 11.8 Å². The molecule has 0 saturated carbocycles. The van der Waals surface area contributed by atoms with Gasteiger partial charge in [0.2, 0.25) is 5.91 Å². The van der Waals surface area contributed by atoms with Crippen molar-refractivity contribution in [3.05, 3.63) is 60.1 Å². The molecule has 0 spiro atoms. The van der Waals surface area contributed by atoms with Crippen molar-refractivity contribution in [3.63, 3.8) is 0 Å². The molecule has 1 atom stereocenters. The molecule has 26 heavy (non-hydrogen) atoms. The van der Waals surface area contributed by atoms with Gasteiger partial charge < -0.3 is 14.2 Å². The maximum atomic E-state index is 13.1. The Hall–Kier alpha value is -2.56. The Balaban J connectivity index is 1.38. The van der Waals surface area contributed by atoms with Crippen LogP contribution in [0.3, 0.4) is 0 Å². The summed E-state index contributed by atoms with van der Waals surface area (Å²) in [5.74, 6) is 0.271. The van der Waals surface area contributed by atoms with Crippen molar-refractivity contribution in [2.75, 3.05) is 19.6 Å². The van der Waals surface area contributed by atoms with Gasteiger partial charge in [0, 0.05) is 25.6 Å². The van der Waals surface area contributed by atoms with Crippen LogP contribution in [0.25, 0.3) is 0 Å². The molecule has 136 valence electrons. The fourth-order valence-electron chi connectivity index (χ4n) is 4.19. The molecule has 5 heteroatoms. The highest BCUT2D eigenvalue weighted by molar-refractivity contribution is 5.94. The van der Waals surface area contributed by atoms with Crippen LogP contribution in [0.2, 0.25) is 0 Å². The van der Waals surface area contributed by atoms with Gasteiger partial charge in [0.05, 0.1) is 17.9 Å². The van der Waals surface area contributed by atoms with Crippen LogP contribution < -0.4 is 0 Å². The topological polar surface area (TPSA) is 53.8 Å². The molecule has 0 bridgehead atoms. The van der Waals surface area contributed by atoms with Gasteiger partial charge in [-0.25, -0.2) is 0 Å². The minimum absolute atomic E-state index is 0.00650. The number of furan rings is 1. The summed E-state index contributed by atoms with van der Waals surface area (Å²) in [4.78, 5) is 29.4. The molecule has 1 aromatic heterocycles. The lowest BCUT2D eigenvalue weighted by Gasteiger charge is -2.35. The van der Waals surface area contributed by atoms with Crippen molar-refractivity contribution in [3.8, 4) is 0 Å². The highest BCUT2D eigenvalue weighted by Gasteiger charge is 2.36. The van der Waals surface area contributed by atoms with E-state index in [1.54, 1.807) is 6.07 Å². The average Bonchev–Trinajstić information content (AvgIpc) is 3.39. The van der Waals surface area contributed by atoms with E-state index in [0.717, 1.165) is 32.2 Å². The number of rotatable bonds is 3. The number of hydrogen-bond acceptors (Lipinski definition) is 3. The van der Waals surface area contributed by atoms with Gasteiger partial charge in [0.1, 0.15) is 6.26 Å². The summed E-state index contributed by atoms with van der Waals surface area (Å²) in [6.45, 7) is 2.10. The summed E-state index contributed by atoms with van der Waals surface area (Å²) >= 11 is 0. The fourth-order valence-corrected chi connectivity index (χ4v) is 4.19. The molecule has 1 aromatic carbocycles. The van der Waals surface area contributed by atoms with Gasteiger partial charge in [0.15, 0.2) is 0 Å². The van der Waals surface area contributed by atoms with E-state index < -0.39 is 0 Å². The number of carbonyl (C=O) groups excluding carboxylic acids is 2. The number of nitrogens with zero attached hydrogens (tertiary/aromatic N) is 2. The number of hydrogen-bond donors (Lipinski definition) is 0. The first-order chi connectivity index (χ1) is 12.7. The van der Waals surface area contributed by atoms with Crippen LogP contribution >= 0.6 is 0 Å². The Morgan fingerprint density at radius 2 is 1.73 bits per heavy atom. The van der Waals surface area contributed by atoms with E-state index in [1.165, 1.54) is 18.1 Å². The standard InChI is InChI=1S/C21H24N2O3/c24-20(18-10-14-26-15-18)22-12-8-17(9-13-22)21(25)23-11-4-7-19(23)16-5-2-1-3-6-16/h1-3,5-6,10,14-15,17,19H,4,7-9,11-13H2. The lowest BCUT2D eigenvalue weighted by molar-refractivity contribution is -0.137. The maximum Gasteiger partial charge on any atom is 0.257 e. The molecule has 0 aliphatic carbocycles. The predicted molar refractivity (Wildman–Crippen MR) is 97.5 cm³/mol. The zero-order valence-corrected chi connectivity index (χ0v) is 14.8. The monoisotopic (exact) mass is 352 g/mol. The second-order valence-corrected chi connectivity index (χ2v) is 7.18. The van der Waals surface area contributed by atoms with Crippen LogP contribution in [0.1, 0.15) is 47.6 Å². The summed E-state index contributed by atoms with van der Waals surface area (Å²) in [7, 11) is 0. The quantitative estimate of drug-likeness (QED) is 0.850. The zero-order valence-electron chi connectivity index (χ0n) is 14.8. The van der Waals surface area contributed by atoms with Gasteiger partial charge in [0.25, 0.3) is 5.91 Å². The van der Waals surface area contributed by atoms with E-state index in [0.29, 0.717) is 18.7 Å². The lowest BCUT2D eigenvalue weighted by Crippen LogP contribution is -2.44. The first-order valence-corrected chi connectivity index (χ1v) is 9.41. The van der Waals surface area contributed by atoms with Gasteiger partial charge in [-0.2, -0.15) is 0 Å². The van der Waals surface area contributed by atoms with Crippen LogP contribution in [0.4, 0.5) is 0 Å². The van der Waals surface area contributed by atoms with Crippen LogP contribution in [0, 0.1) is 5.92 Å². The molecule has 0 radical (unpaired) electrons. The van der Waals surface area contributed by atoms with E-state index in [-0.39, 0.29) is 23.8 Å². The first-order valence-electron chi connectivity index (χ1n) is 9.41. The number of carbonyl (C=O) groups is 2. The summed E-state index contributed by atoms with van der Waals surface area (Å²) in [6.07, 6.45) is 6.56. The second kappa shape index (κ2) is 7.36. The van der Waals surface area contributed by atoms with E-state index in [9.17, 15) is 9.59 Å². The van der Waals surface area contributed by atoms with E-state index in [2.05, 4.69) is 17.0 Å². The third-order valence-corrected chi connectivity index (χ3v) is 5.62. The largest absolute Gasteiger partial charge is 0.472 e. The summed E-state index contributed by atoms with van der Waals surface area (Å²) in [6, 6.07) is 12.2. The molecule has 5 nitrogen and oxygen atoms in total. The third-order valence-electron chi connectivity index (χ3n) is 5.62. The molecule has 0 N–H and O–H groups in total. The van der Waals surface area contributed by atoms with Crippen LogP contribution in [-0.2, 0) is 4.79 Å². The molecule has 2 aromatic rings. The van der Waals surface area contributed by atoms with E-state index in [1.807, 2.05) is 23.1 Å². The second-order valence-electron chi connectivity index (χ2n) is 7.18. The zero-order chi connectivity index (χ0) is 17.9. The minimum atomic E-state index is -0.00650. The maximum absolute atomic E-state index is 13.1. The van der Waals surface area contributed by atoms with Crippen molar-refractivity contribution < 1.29 is 14.0 Å². The predicted octanol–water partition coefficient (Wildman–Crippen LogP) is 3.50. The number of likely N-dealkylation sites (tertiary alicyclic amines) is 2.